The Morgan fingerprint density at radius 1 is 1.19 bits per heavy atom. The number of ketones is 1. The number of nitriles is 1. The maximum atomic E-state index is 11.7. The quantitative estimate of drug-likeness (QED) is 0.405. The topological polar surface area (TPSA) is 106 Å². The van der Waals surface area contributed by atoms with E-state index in [1.54, 1.807) is 7.11 Å². The molecule has 190 valence electrons. The molecule has 2 N–H and O–H groups in total. The van der Waals surface area contributed by atoms with Gasteiger partial charge in [-0.1, -0.05) is 30.8 Å². The van der Waals surface area contributed by atoms with Crippen molar-refractivity contribution in [2.24, 2.45) is 0 Å². The summed E-state index contributed by atoms with van der Waals surface area (Å²) in [5, 5.41) is 16.0. The predicted octanol–water partition coefficient (Wildman–Crippen LogP) is 3.76. The van der Waals surface area contributed by atoms with Crippen molar-refractivity contribution in [2.75, 3.05) is 55.9 Å². The van der Waals surface area contributed by atoms with Gasteiger partial charge in [-0.2, -0.15) is 10.2 Å². The van der Waals surface area contributed by atoms with Gasteiger partial charge in [-0.3, -0.25) is 4.79 Å². The van der Waals surface area contributed by atoms with Gasteiger partial charge in [-0.25, -0.2) is 4.98 Å². The number of nitrogens with one attached hydrogen (secondary N) is 2. The van der Waals surface area contributed by atoms with Crippen LogP contribution in [0, 0.1) is 11.3 Å². The Bertz CT molecular complexity index is 1310. The van der Waals surface area contributed by atoms with Crippen LogP contribution in [0.4, 0.5) is 23.1 Å². The number of likely N-dealkylation sites (N-methyl/N-ethyl adjacent to an activating group) is 1. The van der Waals surface area contributed by atoms with Crippen molar-refractivity contribution in [1.82, 2.24) is 14.9 Å². The summed E-state index contributed by atoms with van der Waals surface area (Å²) in [6.45, 7) is 7.94. The number of rotatable bonds is 10. The summed E-state index contributed by atoms with van der Waals surface area (Å²) in [5.41, 5.74) is 4.04. The summed E-state index contributed by atoms with van der Waals surface area (Å²) < 4.78 is 5.64. The third kappa shape index (κ3) is 6.63. The Morgan fingerprint density at radius 3 is 2.70 bits per heavy atom. The number of benzene rings is 2. The van der Waals surface area contributed by atoms with Crippen LogP contribution in [0.15, 0.2) is 61.3 Å². The van der Waals surface area contributed by atoms with Crippen molar-refractivity contribution in [1.29, 1.82) is 5.26 Å². The summed E-state index contributed by atoms with van der Waals surface area (Å²) in [4.78, 5) is 25.2. The Hall–Kier alpha value is -4.42. The number of piperazine rings is 1. The molecule has 0 bridgehead atoms. The Morgan fingerprint density at radius 2 is 1.97 bits per heavy atom. The summed E-state index contributed by atoms with van der Waals surface area (Å²) in [5.74, 6) is 1.42. The Balaban J connectivity index is 1.48. The smallest absolute Gasteiger partial charge is 0.229 e. The first-order valence-electron chi connectivity index (χ1n) is 12.1. The highest BCUT2D eigenvalue weighted by molar-refractivity contribution is 5.90. The molecule has 0 aliphatic carbocycles. The molecule has 1 saturated heterocycles. The average molecular weight is 498 g/mol. The molecule has 0 spiro atoms. The molecule has 1 aliphatic rings. The molecule has 9 nitrogen and oxygen atoms in total. The molecular formula is C28H31N7O2. The highest BCUT2D eigenvalue weighted by atomic mass is 16.5. The first-order valence-corrected chi connectivity index (χ1v) is 12.1. The minimum atomic E-state index is -0.0321. The van der Waals surface area contributed by atoms with Gasteiger partial charge in [0.25, 0.3) is 0 Å². The third-order valence-electron chi connectivity index (χ3n) is 6.27. The van der Waals surface area contributed by atoms with Gasteiger partial charge >= 0.3 is 0 Å². The van der Waals surface area contributed by atoms with Crippen LogP contribution in [0.1, 0.15) is 16.7 Å². The molecule has 1 aliphatic heterocycles. The van der Waals surface area contributed by atoms with Crippen molar-refractivity contribution in [2.45, 2.75) is 13.0 Å². The lowest BCUT2D eigenvalue weighted by Gasteiger charge is -2.34. The van der Waals surface area contributed by atoms with E-state index in [0.717, 1.165) is 48.7 Å². The summed E-state index contributed by atoms with van der Waals surface area (Å²) in [7, 11) is 3.77. The van der Waals surface area contributed by atoms with E-state index in [4.69, 9.17) is 4.74 Å². The zero-order valence-electron chi connectivity index (χ0n) is 21.2. The summed E-state index contributed by atoms with van der Waals surface area (Å²) >= 11 is 0. The number of hydrogen-bond donors (Lipinski definition) is 2. The molecule has 1 fully saturated rings. The van der Waals surface area contributed by atoms with E-state index in [0.29, 0.717) is 36.0 Å². The van der Waals surface area contributed by atoms with Crippen LogP contribution >= 0.6 is 0 Å². The van der Waals surface area contributed by atoms with Gasteiger partial charge in [0, 0.05) is 50.9 Å². The van der Waals surface area contributed by atoms with E-state index < -0.39 is 0 Å². The van der Waals surface area contributed by atoms with Crippen LogP contribution in [0.5, 0.6) is 5.75 Å². The molecule has 0 unspecified atom stereocenters. The van der Waals surface area contributed by atoms with Gasteiger partial charge in [0.1, 0.15) is 23.2 Å². The van der Waals surface area contributed by atoms with Gasteiger partial charge in [-0.05, 0) is 36.4 Å². The summed E-state index contributed by atoms with van der Waals surface area (Å²) in [6.07, 6.45) is 3.12. The monoisotopic (exact) mass is 497 g/mol. The van der Waals surface area contributed by atoms with Crippen molar-refractivity contribution >= 4 is 28.9 Å². The van der Waals surface area contributed by atoms with E-state index in [-0.39, 0.29) is 5.78 Å². The molecule has 0 atom stereocenters. The van der Waals surface area contributed by atoms with Crippen molar-refractivity contribution in [3.8, 4) is 11.8 Å². The number of anilines is 4. The van der Waals surface area contributed by atoms with Crippen molar-refractivity contribution in [3.63, 3.8) is 0 Å². The fourth-order valence-electron chi connectivity index (χ4n) is 4.13. The van der Waals surface area contributed by atoms with E-state index in [1.807, 2.05) is 36.4 Å². The lowest BCUT2D eigenvalue weighted by molar-refractivity contribution is -0.114. The molecule has 0 amide bonds. The predicted molar refractivity (Wildman–Crippen MR) is 145 cm³/mol. The Kier molecular flexibility index (Phi) is 8.33. The maximum absolute atomic E-state index is 11.7. The second kappa shape index (κ2) is 12.0. The molecule has 2 heterocycles. The zero-order chi connectivity index (χ0) is 26.2. The fourth-order valence-corrected chi connectivity index (χ4v) is 4.13. The van der Waals surface area contributed by atoms with E-state index in [2.05, 4.69) is 56.2 Å². The number of aromatic nitrogens is 2. The second-order valence-corrected chi connectivity index (χ2v) is 8.89. The SMILES string of the molecule is C=CC(=O)Cc1cccc(CNc2nc(Nc3ccc(N4CCN(C)CC4)cc3OC)ncc2C#N)c1. The normalized spacial score (nSPS) is 13.5. The van der Waals surface area contributed by atoms with E-state index in [9.17, 15) is 10.1 Å². The minimum Gasteiger partial charge on any atom is -0.494 e. The minimum absolute atomic E-state index is 0.0321. The van der Waals surface area contributed by atoms with Crippen molar-refractivity contribution < 1.29 is 9.53 Å². The lowest BCUT2D eigenvalue weighted by Crippen LogP contribution is -2.44. The second-order valence-electron chi connectivity index (χ2n) is 8.89. The highest BCUT2D eigenvalue weighted by Gasteiger charge is 2.17. The van der Waals surface area contributed by atoms with Crippen molar-refractivity contribution in [3.05, 3.63) is 78.0 Å². The van der Waals surface area contributed by atoms with Gasteiger partial charge < -0.3 is 25.2 Å². The van der Waals surface area contributed by atoms with Gasteiger partial charge in [0.15, 0.2) is 5.78 Å². The Labute approximate surface area is 217 Å². The van der Waals surface area contributed by atoms with Crippen LogP contribution in [0.25, 0.3) is 0 Å². The average Bonchev–Trinajstić information content (AvgIpc) is 2.93. The highest BCUT2D eigenvalue weighted by Crippen LogP contribution is 2.32. The number of ether oxygens (including phenoxy) is 1. The van der Waals surface area contributed by atoms with Gasteiger partial charge in [0.05, 0.1) is 19.0 Å². The molecule has 9 heteroatoms. The number of carbonyl (C=O) groups excluding carboxylic acids is 1. The zero-order valence-corrected chi connectivity index (χ0v) is 21.2. The molecule has 37 heavy (non-hydrogen) atoms. The molecule has 3 aromatic rings. The largest absolute Gasteiger partial charge is 0.494 e. The number of carbonyl (C=O) groups is 1. The van der Waals surface area contributed by atoms with Crippen LogP contribution in [-0.4, -0.2) is 61.0 Å². The van der Waals surface area contributed by atoms with E-state index >= 15 is 0 Å². The number of allylic oxidation sites excluding steroid dienone is 1. The van der Waals surface area contributed by atoms with E-state index in [1.165, 1.54) is 12.3 Å². The number of nitrogens with zero attached hydrogens (tertiary/aromatic N) is 5. The maximum Gasteiger partial charge on any atom is 0.229 e. The van der Waals surface area contributed by atoms with Gasteiger partial charge in [-0.15, -0.1) is 0 Å². The van der Waals surface area contributed by atoms with Crippen LogP contribution in [-0.2, 0) is 17.8 Å². The first-order chi connectivity index (χ1) is 18.0. The molecule has 1 aromatic heterocycles. The van der Waals surface area contributed by atoms with Crippen LogP contribution in [0.3, 0.4) is 0 Å². The first kappa shape index (κ1) is 25.7. The van der Waals surface area contributed by atoms with Crippen LogP contribution in [0.2, 0.25) is 0 Å². The summed E-state index contributed by atoms with van der Waals surface area (Å²) in [6, 6.07) is 15.9. The lowest BCUT2D eigenvalue weighted by atomic mass is 10.1. The third-order valence-corrected chi connectivity index (χ3v) is 6.27. The molecular weight excluding hydrogens is 466 g/mol. The number of hydrogen-bond acceptors (Lipinski definition) is 9. The molecule has 0 radical (unpaired) electrons. The van der Waals surface area contributed by atoms with Crippen LogP contribution < -0.4 is 20.3 Å². The molecule has 2 aromatic carbocycles. The molecule has 0 saturated carbocycles. The van der Waals surface area contributed by atoms with Gasteiger partial charge in [0.2, 0.25) is 5.95 Å². The standard InChI is InChI=1S/C28H31N7O2/c1-4-24(36)15-20-6-5-7-21(14-20)18-30-27-22(17-29)19-31-28(33-27)32-25-9-8-23(16-26(25)37-3)35-12-10-34(2)11-13-35/h4-9,14,16,19H,1,10-13,15,18H2,2-3H3,(H2,30,31,32,33). The number of methoxy groups -OCH3 is 1. The fraction of sp³-hybridized carbons (Fsp3) is 0.286. The molecule has 4 rings (SSSR count).